The molecule has 0 atom stereocenters. The normalized spacial score (nSPS) is 11.2. The molecule has 50 heavy (non-hydrogen) atoms. The number of benzene rings is 8. The van der Waals surface area contributed by atoms with Gasteiger partial charge >= 0.3 is 0 Å². The molecule has 232 valence electrons. The van der Waals surface area contributed by atoms with Crippen molar-refractivity contribution in [2.24, 2.45) is 0 Å². The van der Waals surface area contributed by atoms with Gasteiger partial charge < -0.3 is 0 Å². The van der Waals surface area contributed by atoms with Crippen molar-refractivity contribution >= 4 is 32.3 Å². The molecule has 3 nitrogen and oxygen atoms in total. The molecule has 0 aliphatic heterocycles. The van der Waals surface area contributed by atoms with E-state index in [-0.39, 0.29) is 0 Å². The van der Waals surface area contributed by atoms with E-state index in [1.807, 2.05) is 60.7 Å². The van der Waals surface area contributed by atoms with Crippen molar-refractivity contribution in [1.82, 2.24) is 9.97 Å². The van der Waals surface area contributed by atoms with E-state index in [1.54, 1.807) is 0 Å². The van der Waals surface area contributed by atoms with E-state index in [2.05, 4.69) is 121 Å². The molecule has 0 spiro atoms. The number of nitrogens with zero attached hydrogens (tertiary/aromatic N) is 3. The van der Waals surface area contributed by atoms with E-state index < -0.39 is 0 Å². The predicted octanol–water partition coefficient (Wildman–Crippen LogP) is 12.1. The van der Waals surface area contributed by atoms with Gasteiger partial charge in [-0.15, -0.1) is 0 Å². The van der Waals surface area contributed by atoms with E-state index in [1.165, 1.54) is 43.4 Å². The standard InChI is InChI=1S/C47H29N3/c48-30-31-14-16-35(17-15-31)44-29-45(50-47(49-44)38-9-2-1-3-10-38)36-22-18-32(19-23-36)33-20-24-37(25-21-33)46-41-13-7-5-11-39(41)28-43-40-12-6-4-8-34(40)26-27-42(43)46/h1-29H. The molecule has 0 bridgehead atoms. The highest BCUT2D eigenvalue weighted by molar-refractivity contribution is 6.20. The number of rotatable bonds is 5. The first-order valence-electron chi connectivity index (χ1n) is 16.7. The summed E-state index contributed by atoms with van der Waals surface area (Å²) in [5, 5.41) is 16.9. The van der Waals surface area contributed by atoms with Gasteiger partial charge in [-0.1, -0.05) is 152 Å². The molecule has 0 N–H and O–H groups in total. The third-order valence-corrected chi connectivity index (χ3v) is 9.53. The fourth-order valence-corrected chi connectivity index (χ4v) is 6.97. The Morgan fingerprint density at radius 1 is 0.360 bits per heavy atom. The molecule has 0 aliphatic carbocycles. The summed E-state index contributed by atoms with van der Waals surface area (Å²) in [6.45, 7) is 0. The average molecular weight is 636 g/mol. The van der Waals surface area contributed by atoms with E-state index in [9.17, 15) is 5.26 Å². The Hall–Kier alpha value is -6.89. The minimum atomic E-state index is 0.619. The molecule has 0 fully saturated rings. The van der Waals surface area contributed by atoms with Crippen LogP contribution in [-0.4, -0.2) is 9.97 Å². The van der Waals surface area contributed by atoms with Gasteiger partial charge in [-0.25, -0.2) is 9.97 Å². The quantitative estimate of drug-likeness (QED) is 0.140. The Bertz CT molecular complexity index is 2720. The minimum absolute atomic E-state index is 0.619. The summed E-state index contributed by atoms with van der Waals surface area (Å²) in [5.41, 5.74) is 9.93. The van der Waals surface area contributed by atoms with Crippen LogP contribution < -0.4 is 0 Å². The fourth-order valence-electron chi connectivity index (χ4n) is 6.97. The maximum Gasteiger partial charge on any atom is 0.160 e. The summed E-state index contributed by atoms with van der Waals surface area (Å²) in [6.07, 6.45) is 0. The van der Waals surface area contributed by atoms with Gasteiger partial charge in [0, 0.05) is 16.7 Å². The third-order valence-electron chi connectivity index (χ3n) is 9.53. The lowest BCUT2D eigenvalue weighted by Crippen LogP contribution is -1.96. The molecule has 1 aromatic heterocycles. The molecular formula is C47H29N3. The van der Waals surface area contributed by atoms with Gasteiger partial charge in [-0.05, 0) is 78.8 Å². The molecule has 0 amide bonds. The molecule has 0 radical (unpaired) electrons. The Balaban J connectivity index is 1.09. The lowest BCUT2D eigenvalue weighted by molar-refractivity contribution is 1.18. The molecule has 0 aliphatic rings. The summed E-state index contributed by atoms with van der Waals surface area (Å²) >= 11 is 0. The highest BCUT2D eigenvalue weighted by Crippen LogP contribution is 2.40. The van der Waals surface area contributed by atoms with E-state index in [0.29, 0.717) is 11.4 Å². The first-order valence-corrected chi connectivity index (χ1v) is 16.7. The predicted molar refractivity (Wildman–Crippen MR) is 206 cm³/mol. The smallest absolute Gasteiger partial charge is 0.160 e. The van der Waals surface area contributed by atoms with E-state index >= 15 is 0 Å². The number of hydrogen-bond acceptors (Lipinski definition) is 3. The zero-order valence-corrected chi connectivity index (χ0v) is 27.1. The van der Waals surface area contributed by atoms with Crippen LogP contribution in [0.25, 0.3) is 88.5 Å². The van der Waals surface area contributed by atoms with Crippen molar-refractivity contribution in [2.75, 3.05) is 0 Å². The summed E-state index contributed by atoms with van der Waals surface area (Å²) in [4.78, 5) is 9.90. The number of nitriles is 1. The van der Waals surface area contributed by atoms with Gasteiger partial charge in [-0.2, -0.15) is 5.26 Å². The van der Waals surface area contributed by atoms with Crippen LogP contribution >= 0.6 is 0 Å². The number of hydrogen-bond donors (Lipinski definition) is 0. The Labute approximate surface area is 290 Å². The average Bonchev–Trinajstić information content (AvgIpc) is 3.20. The highest BCUT2D eigenvalue weighted by Gasteiger charge is 2.14. The maximum atomic E-state index is 9.29. The van der Waals surface area contributed by atoms with E-state index in [0.717, 1.165) is 39.2 Å². The molecule has 9 rings (SSSR count). The first-order chi connectivity index (χ1) is 24.7. The summed E-state index contributed by atoms with van der Waals surface area (Å²) < 4.78 is 0. The Morgan fingerprint density at radius 2 is 0.900 bits per heavy atom. The topological polar surface area (TPSA) is 49.6 Å². The van der Waals surface area contributed by atoms with Gasteiger partial charge in [0.1, 0.15) is 0 Å². The van der Waals surface area contributed by atoms with Crippen LogP contribution in [-0.2, 0) is 0 Å². The second-order valence-electron chi connectivity index (χ2n) is 12.5. The summed E-state index contributed by atoms with van der Waals surface area (Å²) in [5.74, 6) is 0.663. The van der Waals surface area contributed by atoms with Crippen LogP contribution in [0.3, 0.4) is 0 Å². The van der Waals surface area contributed by atoms with Crippen LogP contribution in [0.1, 0.15) is 5.56 Å². The Morgan fingerprint density at radius 3 is 1.56 bits per heavy atom. The van der Waals surface area contributed by atoms with Gasteiger partial charge in [0.2, 0.25) is 0 Å². The molecule has 8 aromatic carbocycles. The molecule has 1 heterocycles. The number of aromatic nitrogens is 2. The monoisotopic (exact) mass is 635 g/mol. The van der Waals surface area contributed by atoms with Crippen LogP contribution in [0.4, 0.5) is 0 Å². The van der Waals surface area contributed by atoms with Gasteiger partial charge in [-0.3, -0.25) is 0 Å². The SMILES string of the molecule is N#Cc1ccc(-c2cc(-c3ccc(-c4ccc(-c5c6ccccc6cc6c5ccc5ccccc56)cc4)cc3)nc(-c3ccccc3)n2)cc1. The van der Waals surface area contributed by atoms with Crippen LogP contribution in [0.15, 0.2) is 176 Å². The van der Waals surface area contributed by atoms with Crippen molar-refractivity contribution < 1.29 is 0 Å². The van der Waals surface area contributed by atoms with Crippen LogP contribution in [0.5, 0.6) is 0 Å². The first kappa shape index (κ1) is 29.3. The maximum absolute atomic E-state index is 9.29. The molecule has 0 saturated carbocycles. The van der Waals surface area contributed by atoms with Crippen molar-refractivity contribution in [3.63, 3.8) is 0 Å². The van der Waals surface area contributed by atoms with Crippen molar-refractivity contribution in [1.29, 1.82) is 5.26 Å². The van der Waals surface area contributed by atoms with Crippen LogP contribution in [0.2, 0.25) is 0 Å². The second-order valence-corrected chi connectivity index (χ2v) is 12.5. The zero-order valence-electron chi connectivity index (χ0n) is 27.1. The summed E-state index contributed by atoms with van der Waals surface area (Å²) in [7, 11) is 0. The van der Waals surface area contributed by atoms with Crippen molar-refractivity contribution in [3.8, 4) is 62.2 Å². The van der Waals surface area contributed by atoms with Gasteiger partial charge in [0.15, 0.2) is 5.82 Å². The Kier molecular flexibility index (Phi) is 7.19. The van der Waals surface area contributed by atoms with Crippen LogP contribution in [0, 0.1) is 11.3 Å². The number of fused-ring (bicyclic) bond motifs is 4. The highest BCUT2D eigenvalue weighted by atomic mass is 14.9. The van der Waals surface area contributed by atoms with E-state index in [4.69, 9.17) is 9.97 Å². The summed E-state index contributed by atoms with van der Waals surface area (Å²) in [6, 6.07) is 63.5. The molecule has 0 saturated heterocycles. The van der Waals surface area contributed by atoms with Gasteiger partial charge in [0.05, 0.1) is 23.0 Å². The fraction of sp³-hybridized carbons (Fsp3) is 0. The molecule has 3 heteroatoms. The second kappa shape index (κ2) is 12.3. The lowest BCUT2D eigenvalue weighted by Gasteiger charge is -2.14. The lowest BCUT2D eigenvalue weighted by atomic mass is 9.89. The minimum Gasteiger partial charge on any atom is -0.228 e. The third kappa shape index (κ3) is 5.26. The van der Waals surface area contributed by atoms with Gasteiger partial charge in [0.25, 0.3) is 0 Å². The molecule has 0 unspecified atom stereocenters. The zero-order chi connectivity index (χ0) is 33.4. The molecular weight excluding hydrogens is 607 g/mol. The van der Waals surface area contributed by atoms with Crippen molar-refractivity contribution in [2.45, 2.75) is 0 Å². The molecule has 9 aromatic rings. The largest absolute Gasteiger partial charge is 0.228 e. The van der Waals surface area contributed by atoms with Crippen molar-refractivity contribution in [3.05, 3.63) is 181 Å².